The van der Waals surface area contributed by atoms with Crippen LogP contribution in [0.1, 0.15) is 43.5 Å². The minimum absolute atomic E-state index is 0.0162. The Balaban J connectivity index is 1.62. The predicted octanol–water partition coefficient (Wildman–Crippen LogP) is 2.42. The lowest BCUT2D eigenvalue weighted by Crippen LogP contribution is -2.35. The molecule has 2 N–H and O–H groups in total. The topological polar surface area (TPSA) is 58.2 Å². The Kier molecular flexibility index (Phi) is 4.81. The van der Waals surface area contributed by atoms with Crippen LogP contribution in [0.25, 0.3) is 0 Å². The molecule has 4 nitrogen and oxygen atoms in total. The number of amides is 2. The second kappa shape index (κ2) is 6.39. The van der Waals surface area contributed by atoms with Gasteiger partial charge in [0.1, 0.15) is 0 Å². The molecule has 5 heteroatoms. The molecule has 1 heterocycles. The van der Waals surface area contributed by atoms with E-state index in [2.05, 4.69) is 24.5 Å². The number of hydrogen-bond donors (Lipinski definition) is 2. The van der Waals surface area contributed by atoms with Gasteiger partial charge in [0.2, 0.25) is 5.91 Å². The Hall–Kier alpha value is -1.36. The minimum atomic E-state index is -0.111. The summed E-state index contributed by atoms with van der Waals surface area (Å²) in [6, 6.07) is 1.78. The smallest absolute Gasteiger partial charge is 0.252 e. The molecule has 0 bridgehead atoms. The molecular formula is C15H22N2O2S. The van der Waals surface area contributed by atoms with Gasteiger partial charge in [-0.3, -0.25) is 9.59 Å². The molecule has 0 atom stereocenters. The van der Waals surface area contributed by atoms with Crippen molar-refractivity contribution in [2.75, 3.05) is 13.1 Å². The second-order valence-corrected chi connectivity index (χ2v) is 6.59. The summed E-state index contributed by atoms with van der Waals surface area (Å²) in [6.45, 7) is 5.57. The summed E-state index contributed by atoms with van der Waals surface area (Å²) in [5.74, 6) is 0.517. The lowest BCUT2D eigenvalue weighted by molar-refractivity contribution is -0.121. The maximum Gasteiger partial charge on any atom is 0.252 e. The van der Waals surface area contributed by atoms with Crippen molar-refractivity contribution in [1.82, 2.24) is 10.6 Å². The van der Waals surface area contributed by atoms with Crippen LogP contribution in [0.15, 0.2) is 16.8 Å². The van der Waals surface area contributed by atoms with Gasteiger partial charge in [0.05, 0.1) is 0 Å². The van der Waals surface area contributed by atoms with Crippen molar-refractivity contribution in [3.63, 3.8) is 0 Å². The van der Waals surface area contributed by atoms with E-state index in [9.17, 15) is 9.59 Å². The van der Waals surface area contributed by atoms with Crippen molar-refractivity contribution in [1.29, 1.82) is 0 Å². The highest BCUT2D eigenvalue weighted by Gasteiger charge is 2.45. The van der Waals surface area contributed by atoms with Crippen molar-refractivity contribution >= 4 is 23.2 Å². The van der Waals surface area contributed by atoms with Gasteiger partial charge in [-0.15, -0.1) is 0 Å². The third-order valence-corrected chi connectivity index (χ3v) is 4.86. The molecule has 0 aromatic carbocycles. The zero-order chi connectivity index (χ0) is 14.6. The summed E-state index contributed by atoms with van der Waals surface area (Å²) in [5.41, 5.74) is 0.988. The van der Waals surface area contributed by atoms with E-state index in [-0.39, 0.29) is 11.8 Å². The number of thiophene rings is 1. The Morgan fingerprint density at radius 3 is 2.65 bits per heavy atom. The van der Waals surface area contributed by atoms with Crippen molar-refractivity contribution in [2.45, 2.75) is 33.1 Å². The highest BCUT2D eigenvalue weighted by molar-refractivity contribution is 7.08. The van der Waals surface area contributed by atoms with Crippen molar-refractivity contribution in [3.8, 4) is 0 Å². The number of carbonyl (C=O) groups is 2. The first-order chi connectivity index (χ1) is 9.53. The summed E-state index contributed by atoms with van der Waals surface area (Å²) in [7, 11) is 0. The van der Waals surface area contributed by atoms with Crippen molar-refractivity contribution in [2.24, 2.45) is 11.3 Å². The van der Waals surface area contributed by atoms with Gasteiger partial charge >= 0.3 is 0 Å². The quantitative estimate of drug-likeness (QED) is 0.811. The fraction of sp³-hybridized carbons (Fsp3) is 0.600. The van der Waals surface area contributed by atoms with Crippen LogP contribution in [0.4, 0.5) is 0 Å². The van der Waals surface area contributed by atoms with Gasteiger partial charge in [-0.25, -0.2) is 0 Å². The average Bonchev–Trinajstić information content (AvgIpc) is 3.01. The van der Waals surface area contributed by atoms with E-state index in [0.717, 1.165) is 6.54 Å². The third kappa shape index (κ3) is 3.82. The molecule has 1 fully saturated rings. The van der Waals surface area contributed by atoms with E-state index >= 15 is 0 Å². The van der Waals surface area contributed by atoms with Crippen LogP contribution in [-0.4, -0.2) is 24.9 Å². The Morgan fingerprint density at radius 2 is 2.10 bits per heavy atom. The monoisotopic (exact) mass is 294 g/mol. The SMILES string of the molecule is CC(C)C1(CNC(=O)CCNC(=O)c2ccsc2)CC1. The molecule has 0 saturated heterocycles. The zero-order valence-electron chi connectivity index (χ0n) is 12.1. The van der Waals surface area contributed by atoms with Gasteiger partial charge in [0.25, 0.3) is 5.91 Å². The molecule has 0 radical (unpaired) electrons. The summed E-state index contributed by atoms with van der Waals surface area (Å²) in [6.07, 6.45) is 2.75. The van der Waals surface area contributed by atoms with Gasteiger partial charge in [-0.1, -0.05) is 13.8 Å². The fourth-order valence-corrected chi connectivity index (χ4v) is 2.90. The molecule has 1 aromatic heterocycles. The van der Waals surface area contributed by atoms with E-state index in [0.29, 0.717) is 29.9 Å². The first-order valence-electron chi connectivity index (χ1n) is 7.11. The second-order valence-electron chi connectivity index (χ2n) is 5.81. The minimum Gasteiger partial charge on any atom is -0.355 e. The molecule has 1 aliphatic carbocycles. The molecule has 110 valence electrons. The predicted molar refractivity (Wildman–Crippen MR) is 80.8 cm³/mol. The van der Waals surface area contributed by atoms with Gasteiger partial charge in [0.15, 0.2) is 0 Å². The average molecular weight is 294 g/mol. The summed E-state index contributed by atoms with van der Waals surface area (Å²) < 4.78 is 0. The number of hydrogen-bond acceptors (Lipinski definition) is 3. The number of carbonyl (C=O) groups excluding carboxylic acids is 2. The van der Waals surface area contributed by atoms with Gasteiger partial charge in [0, 0.05) is 30.5 Å². The van der Waals surface area contributed by atoms with Crippen LogP contribution in [0.2, 0.25) is 0 Å². The molecule has 2 rings (SSSR count). The molecular weight excluding hydrogens is 272 g/mol. The maximum atomic E-state index is 11.7. The van der Waals surface area contributed by atoms with E-state index in [1.807, 2.05) is 5.38 Å². The summed E-state index contributed by atoms with van der Waals surface area (Å²) >= 11 is 1.49. The van der Waals surface area contributed by atoms with Crippen molar-refractivity contribution in [3.05, 3.63) is 22.4 Å². The summed E-state index contributed by atoms with van der Waals surface area (Å²) in [4.78, 5) is 23.4. The van der Waals surface area contributed by atoms with E-state index in [1.165, 1.54) is 24.2 Å². The van der Waals surface area contributed by atoms with Crippen molar-refractivity contribution < 1.29 is 9.59 Å². The van der Waals surface area contributed by atoms with E-state index in [4.69, 9.17) is 0 Å². The Bertz CT molecular complexity index is 464. The highest BCUT2D eigenvalue weighted by atomic mass is 32.1. The maximum absolute atomic E-state index is 11.7. The molecule has 0 unspecified atom stereocenters. The van der Waals surface area contributed by atoms with Crippen LogP contribution >= 0.6 is 11.3 Å². The lowest BCUT2D eigenvalue weighted by atomic mass is 9.92. The van der Waals surface area contributed by atoms with Crippen LogP contribution in [0, 0.1) is 11.3 Å². The van der Waals surface area contributed by atoms with E-state index < -0.39 is 0 Å². The normalized spacial score (nSPS) is 15.9. The van der Waals surface area contributed by atoms with Crippen LogP contribution in [0.5, 0.6) is 0 Å². The third-order valence-electron chi connectivity index (χ3n) is 4.18. The lowest BCUT2D eigenvalue weighted by Gasteiger charge is -2.20. The van der Waals surface area contributed by atoms with Gasteiger partial charge in [-0.05, 0) is 35.6 Å². The molecule has 1 aromatic rings. The highest BCUT2D eigenvalue weighted by Crippen LogP contribution is 2.51. The fourth-order valence-electron chi connectivity index (χ4n) is 2.27. The molecule has 1 saturated carbocycles. The number of nitrogens with one attached hydrogen (secondary N) is 2. The molecule has 2 amide bonds. The molecule has 0 spiro atoms. The zero-order valence-corrected chi connectivity index (χ0v) is 12.9. The Labute approximate surface area is 124 Å². The van der Waals surface area contributed by atoms with E-state index in [1.54, 1.807) is 11.4 Å². The molecule has 1 aliphatic rings. The van der Waals surface area contributed by atoms with Crippen LogP contribution in [-0.2, 0) is 4.79 Å². The van der Waals surface area contributed by atoms with Crippen LogP contribution < -0.4 is 10.6 Å². The number of rotatable bonds is 7. The summed E-state index contributed by atoms with van der Waals surface area (Å²) in [5, 5.41) is 9.41. The van der Waals surface area contributed by atoms with Crippen LogP contribution in [0.3, 0.4) is 0 Å². The van der Waals surface area contributed by atoms with Gasteiger partial charge < -0.3 is 10.6 Å². The van der Waals surface area contributed by atoms with Gasteiger partial charge in [-0.2, -0.15) is 11.3 Å². The first-order valence-corrected chi connectivity index (χ1v) is 8.05. The first kappa shape index (κ1) is 15.0. The molecule has 20 heavy (non-hydrogen) atoms. The standard InChI is InChI=1S/C15H22N2O2S/c1-11(2)15(5-6-15)10-17-13(18)3-7-16-14(19)12-4-8-20-9-12/h4,8-9,11H,3,5-7,10H2,1-2H3,(H,16,19)(H,17,18). The Morgan fingerprint density at radius 1 is 1.35 bits per heavy atom. The molecule has 0 aliphatic heterocycles. The largest absolute Gasteiger partial charge is 0.355 e.